The Kier molecular flexibility index (Phi) is 11.0. The Morgan fingerprint density at radius 2 is 1.66 bits per heavy atom. The van der Waals surface area contributed by atoms with Gasteiger partial charge in [0.15, 0.2) is 0 Å². The van der Waals surface area contributed by atoms with Crippen LogP contribution >= 0.6 is 7.60 Å². The second-order valence-electron chi connectivity index (χ2n) is 10.6. The van der Waals surface area contributed by atoms with Crippen molar-refractivity contribution in [3.63, 3.8) is 0 Å². The van der Waals surface area contributed by atoms with Gasteiger partial charge in [-0.15, -0.1) is 0 Å². The van der Waals surface area contributed by atoms with E-state index in [0.29, 0.717) is 30.0 Å². The summed E-state index contributed by atoms with van der Waals surface area (Å²) in [5, 5.41) is 15.0. The molecule has 1 unspecified atom stereocenters. The lowest BCUT2D eigenvalue weighted by molar-refractivity contribution is -0.384. The number of carbonyl (C=O) groups is 1. The van der Waals surface area contributed by atoms with E-state index in [0.717, 1.165) is 5.56 Å². The normalized spacial score (nSPS) is 16.0. The van der Waals surface area contributed by atoms with Gasteiger partial charge in [0.25, 0.3) is 5.69 Å². The van der Waals surface area contributed by atoms with Crippen LogP contribution in [0.5, 0.6) is 0 Å². The summed E-state index contributed by atoms with van der Waals surface area (Å²) in [5.41, 5.74) is 2.56. The zero-order valence-corrected chi connectivity index (χ0v) is 25.6. The molecule has 1 atom stereocenters. The molecule has 0 spiro atoms. The molecule has 41 heavy (non-hydrogen) atoms. The van der Waals surface area contributed by atoms with Crippen molar-refractivity contribution in [2.45, 2.75) is 66.2 Å². The zero-order chi connectivity index (χ0) is 30.3. The van der Waals surface area contributed by atoms with Crippen molar-refractivity contribution >= 4 is 19.3 Å². The first-order chi connectivity index (χ1) is 19.3. The summed E-state index contributed by atoms with van der Waals surface area (Å²) in [6, 6.07) is 15.9. The number of dihydropyridines is 1. The molecule has 222 valence electrons. The van der Waals surface area contributed by atoms with E-state index in [2.05, 4.69) is 5.32 Å². The van der Waals surface area contributed by atoms with E-state index in [1.807, 2.05) is 42.3 Å². The highest BCUT2D eigenvalue weighted by Crippen LogP contribution is 2.65. The molecule has 0 saturated carbocycles. The number of benzene rings is 2. The number of hydrogen-bond donors (Lipinski definition) is 1. The molecule has 0 bridgehead atoms. The molecule has 3 rings (SSSR count). The van der Waals surface area contributed by atoms with Gasteiger partial charge in [-0.3, -0.25) is 19.6 Å². The molecule has 0 aliphatic carbocycles. The number of likely N-dealkylation sites (N-methyl/N-ethyl adjacent to an activating group) is 1. The molecule has 11 heteroatoms. The van der Waals surface area contributed by atoms with E-state index < -0.39 is 36.6 Å². The molecular formula is C30H40N3O7P. The summed E-state index contributed by atoms with van der Waals surface area (Å²) in [6.07, 6.45) is -0.929. The van der Waals surface area contributed by atoms with Crippen LogP contribution in [0.2, 0.25) is 0 Å². The van der Waals surface area contributed by atoms with Crippen LogP contribution in [0.3, 0.4) is 0 Å². The van der Waals surface area contributed by atoms with Crippen LogP contribution < -0.4 is 5.32 Å². The lowest BCUT2D eigenvalue weighted by Crippen LogP contribution is -2.31. The molecule has 0 aromatic heterocycles. The van der Waals surface area contributed by atoms with Crippen molar-refractivity contribution in [2.24, 2.45) is 0 Å². The number of nitrogens with one attached hydrogen (secondary N) is 1. The quantitative estimate of drug-likeness (QED) is 0.121. The summed E-state index contributed by atoms with van der Waals surface area (Å²) in [4.78, 5) is 26.9. The van der Waals surface area contributed by atoms with Gasteiger partial charge in [-0.1, -0.05) is 42.5 Å². The van der Waals surface area contributed by atoms with Gasteiger partial charge in [0.2, 0.25) is 0 Å². The minimum absolute atomic E-state index is 0.112. The average Bonchev–Trinajstić information content (AvgIpc) is 2.87. The molecule has 1 heterocycles. The van der Waals surface area contributed by atoms with Crippen LogP contribution in [0.15, 0.2) is 76.9 Å². The molecule has 0 radical (unpaired) electrons. The molecule has 2 aromatic rings. The van der Waals surface area contributed by atoms with Crippen LogP contribution in [-0.2, 0) is 29.7 Å². The highest BCUT2D eigenvalue weighted by molar-refractivity contribution is 7.58. The largest absolute Gasteiger partial charge is 0.461 e. The third kappa shape index (κ3) is 8.36. The Labute approximate surface area is 242 Å². The van der Waals surface area contributed by atoms with Crippen LogP contribution in [0, 0.1) is 10.1 Å². The second kappa shape index (κ2) is 14.0. The van der Waals surface area contributed by atoms with E-state index in [9.17, 15) is 19.5 Å². The fraction of sp³-hybridized carbons (Fsp3) is 0.433. The number of non-ortho nitro benzene ring substituents is 1. The van der Waals surface area contributed by atoms with Gasteiger partial charge in [0.1, 0.15) is 6.61 Å². The first kappa shape index (κ1) is 32.2. The molecule has 0 amide bonds. The topological polar surface area (TPSA) is 120 Å². The van der Waals surface area contributed by atoms with E-state index in [1.54, 1.807) is 47.6 Å². The van der Waals surface area contributed by atoms with Crippen LogP contribution in [0.4, 0.5) is 5.69 Å². The van der Waals surface area contributed by atoms with Crippen molar-refractivity contribution < 1.29 is 28.1 Å². The molecule has 1 aliphatic heterocycles. The van der Waals surface area contributed by atoms with Gasteiger partial charge in [-0.2, -0.15) is 0 Å². The van der Waals surface area contributed by atoms with Crippen molar-refractivity contribution in [1.29, 1.82) is 0 Å². The summed E-state index contributed by atoms with van der Waals surface area (Å²) in [5.74, 6) is -1.58. The van der Waals surface area contributed by atoms with Crippen LogP contribution in [0.25, 0.3) is 0 Å². The lowest BCUT2D eigenvalue weighted by Gasteiger charge is -2.35. The molecule has 0 fully saturated rings. The fourth-order valence-corrected chi connectivity index (χ4v) is 7.25. The van der Waals surface area contributed by atoms with Gasteiger partial charge < -0.3 is 19.1 Å². The maximum absolute atomic E-state index is 14.5. The highest BCUT2D eigenvalue weighted by atomic mass is 31.2. The maximum Gasteiger partial charge on any atom is 0.360 e. The minimum atomic E-state index is -4.01. The van der Waals surface area contributed by atoms with E-state index in [4.69, 9.17) is 13.8 Å². The monoisotopic (exact) mass is 585 g/mol. The molecule has 1 aliphatic rings. The number of hydrogen-bond acceptors (Lipinski definition) is 9. The number of allylic oxidation sites excluding steroid dienone is 3. The fourth-order valence-electron chi connectivity index (χ4n) is 4.80. The standard InChI is InChI=1S/C30H40N3O7P/c1-20(2)39-41(37,40-21(3)4)29-23(6)31-22(5)27(28(29)25-14-11-15-26(18-25)33(35)36)30(34)38-17-16-32(7)19-24-12-9-8-10-13-24/h8-15,18,20-21,28,31H,16-17,19H2,1-7H3. The van der Waals surface area contributed by atoms with Crippen molar-refractivity contribution in [3.8, 4) is 0 Å². The van der Waals surface area contributed by atoms with Gasteiger partial charge in [0.05, 0.1) is 33.9 Å². The van der Waals surface area contributed by atoms with Gasteiger partial charge in [-0.05, 0) is 59.7 Å². The Balaban J connectivity index is 1.99. The number of ether oxygens (including phenoxy) is 1. The number of nitro groups is 1. The lowest BCUT2D eigenvalue weighted by atomic mass is 9.86. The van der Waals surface area contributed by atoms with Gasteiger partial charge in [-0.25, -0.2) is 4.79 Å². The van der Waals surface area contributed by atoms with Gasteiger partial charge >= 0.3 is 13.6 Å². The Morgan fingerprint density at radius 1 is 1.02 bits per heavy atom. The third-order valence-electron chi connectivity index (χ3n) is 6.36. The number of nitrogens with zero attached hydrogens (tertiary/aromatic N) is 2. The Hall–Kier alpha value is -3.30. The molecule has 10 nitrogen and oxygen atoms in total. The van der Waals surface area contributed by atoms with Crippen molar-refractivity contribution in [2.75, 3.05) is 20.2 Å². The summed E-state index contributed by atoms with van der Waals surface area (Å²) in [7, 11) is -2.07. The molecular weight excluding hydrogens is 545 g/mol. The second-order valence-corrected chi connectivity index (χ2v) is 12.5. The van der Waals surface area contributed by atoms with Gasteiger partial charge in [0, 0.05) is 36.6 Å². The van der Waals surface area contributed by atoms with E-state index in [1.165, 1.54) is 18.2 Å². The third-order valence-corrected chi connectivity index (χ3v) is 8.94. The predicted octanol–water partition coefficient (Wildman–Crippen LogP) is 6.51. The molecule has 1 N–H and O–H groups in total. The maximum atomic E-state index is 14.5. The summed E-state index contributed by atoms with van der Waals surface area (Å²) < 4.78 is 32.1. The predicted molar refractivity (Wildman–Crippen MR) is 158 cm³/mol. The number of carbonyl (C=O) groups excluding carboxylic acids is 1. The number of esters is 1. The zero-order valence-electron chi connectivity index (χ0n) is 24.7. The summed E-state index contributed by atoms with van der Waals surface area (Å²) >= 11 is 0. The van der Waals surface area contributed by atoms with E-state index in [-0.39, 0.29) is 23.2 Å². The highest BCUT2D eigenvalue weighted by Gasteiger charge is 2.46. The molecule has 2 aromatic carbocycles. The first-order valence-electron chi connectivity index (χ1n) is 13.6. The Morgan fingerprint density at radius 3 is 2.24 bits per heavy atom. The number of nitro benzene ring substituents is 1. The first-order valence-corrected chi connectivity index (χ1v) is 15.2. The van der Waals surface area contributed by atoms with Crippen molar-refractivity contribution in [3.05, 3.63) is 98.1 Å². The van der Waals surface area contributed by atoms with Crippen LogP contribution in [-0.4, -0.2) is 48.2 Å². The van der Waals surface area contributed by atoms with Crippen molar-refractivity contribution in [1.82, 2.24) is 10.2 Å². The smallest absolute Gasteiger partial charge is 0.360 e. The average molecular weight is 586 g/mol. The van der Waals surface area contributed by atoms with Crippen LogP contribution in [0.1, 0.15) is 58.6 Å². The molecule has 0 saturated heterocycles. The Bertz CT molecular complexity index is 1340. The SMILES string of the molecule is CC1=C(C(=O)OCCN(C)Cc2ccccc2)C(c2cccc([N+](=O)[O-])c2)C(P(=O)(OC(C)C)OC(C)C)=C(C)N1. The van der Waals surface area contributed by atoms with E-state index >= 15 is 0 Å². The summed E-state index contributed by atoms with van der Waals surface area (Å²) in [6.45, 7) is 11.7. The number of rotatable bonds is 13. The minimum Gasteiger partial charge on any atom is -0.461 e.